The Morgan fingerprint density at radius 1 is 1.55 bits per heavy atom. The summed E-state index contributed by atoms with van der Waals surface area (Å²) < 4.78 is 0. The number of para-hydroxylation sites is 1. The summed E-state index contributed by atoms with van der Waals surface area (Å²) >= 11 is 0. The minimum absolute atomic E-state index is 0.496. The van der Waals surface area contributed by atoms with Gasteiger partial charge in [0.05, 0.1) is 16.7 Å². The normalized spacial score (nSPS) is 21.8. The zero-order valence-electron chi connectivity index (χ0n) is 12.0. The molecule has 0 aliphatic carbocycles. The van der Waals surface area contributed by atoms with E-state index in [1.165, 1.54) is 0 Å². The van der Waals surface area contributed by atoms with Gasteiger partial charge in [-0.1, -0.05) is 25.5 Å². The minimum Gasteiger partial charge on any atom is -0.481 e. The van der Waals surface area contributed by atoms with Crippen LogP contribution in [0.3, 0.4) is 0 Å². The Labute approximate surface area is 119 Å². The molecule has 20 heavy (non-hydrogen) atoms. The number of anilines is 1. The molecule has 1 fully saturated rings. The lowest BCUT2D eigenvalue weighted by Crippen LogP contribution is -2.35. The number of nitriles is 1. The average Bonchev–Trinajstić information content (AvgIpc) is 2.84. The van der Waals surface area contributed by atoms with Crippen LogP contribution < -0.4 is 4.90 Å². The number of aryl methyl sites for hydroxylation is 1. The Balaban J connectivity index is 2.34. The Morgan fingerprint density at radius 2 is 2.30 bits per heavy atom. The van der Waals surface area contributed by atoms with Gasteiger partial charge in [0.15, 0.2) is 0 Å². The van der Waals surface area contributed by atoms with E-state index in [2.05, 4.69) is 11.0 Å². The van der Waals surface area contributed by atoms with Crippen molar-refractivity contribution in [1.29, 1.82) is 5.26 Å². The zero-order chi connectivity index (χ0) is 14.8. The molecule has 1 aliphatic heterocycles. The number of aliphatic carboxylic acids is 1. The van der Waals surface area contributed by atoms with Crippen molar-refractivity contribution in [2.45, 2.75) is 33.1 Å². The fourth-order valence-electron chi connectivity index (χ4n) is 3.20. The maximum atomic E-state index is 11.6. The van der Waals surface area contributed by atoms with Crippen LogP contribution in [0.5, 0.6) is 0 Å². The van der Waals surface area contributed by atoms with Crippen molar-refractivity contribution in [2.24, 2.45) is 5.41 Å². The second-order valence-electron chi connectivity index (χ2n) is 5.59. The van der Waals surface area contributed by atoms with Gasteiger partial charge >= 0.3 is 5.97 Å². The molecule has 1 atom stereocenters. The van der Waals surface area contributed by atoms with Crippen molar-refractivity contribution >= 4 is 11.7 Å². The predicted molar refractivity (Wildman–Crippen MR) is 77.7 cm³/mol. The van der Waals surface area contributed by atoms with Gasteiger partial charge in [0.25, 0.3) is 0 Å². The van der Waals surface area contributed by atoms with E-state index in [1.54, 1.807) is 6.07 Å². The average molecular weight is 272 g/mol. The lowest BCUT2D eigenvalue weighted by molar-refractivity contribution is -0.148. The number of carbonyl (C=O) groups is 1. The van der Waals surface area contributed by atoms with E-state index < -0.39 is 11.4 Å². The van der Waals surface area contributed by atoms with Gasteiger partial charge in [-0.2, -0.15) is 5.26 Å². The third-order valence-corrected chi connectivity index (χ3v) is 4.21. The third kappa shape index (κ3) is 2.36. The van der Waals surface area contributed by atoms with Crippen molar-refractivity contribution in [1.82, 2.24) is 0 Å². The molecule has 1 N–H and O–H groups in total. The summed E-state index contributed by atoms with van der Waals surface area (Å²) in [6.45, 7) is 5.18. The van der Waals surface area contributed by atoms with E-state index in [1.807, 2.05) is 26.0 Å². The number of hydrogen-bond acceptors (Lipinski definition) is 3. The first-order valence-electron chi connectivity index (χ1n) is 7.02. The highest BCUT2D eigenvalue weighted by Crippen LogP contribution is 2.39. The second kappa shape index (κ2) is 5.54. The van der Waals surface area contributed by atoms with Crippen molar-refractivity contribution in [3.05, 3.63) is 29.3 Å². The molecular formula is C16H20N2O2. The number of rotatable bonds is 4. The minimum atomic E-state index is -0.714. The van der Waals surface area contributed by atoms with Crippen molar-refractivity contribution < 1.29 is 9.90 Å². The molecular weight excluding hydrogens is 252 g/mol. The summed E-state index contributed by atoms with van der Waals surface area (Å²) in [6.07, 6.45) is 2.20. The topological polar surface area (TPSA) is 64.3 Å². The van der Waals surface area contributed by atoms with Crippen LogP contribution in [-0.2, 0) is 4.79 Å². The first kappa shape index (κ1) is 14.4. The van der Waals surface area contributed by atoms with Crippen molar-refractivity contribution in [2.75, 3.05) is 18.0 Å². The molecule has 0 aromatic heterocycles. The first-order chi connectivity index (χ1) is 9.54. The van der Waals surface area contributed by atoms with Gasteiger partial charge in [0, 0.05) is 13.1 Å². The summed E-state index contributed by atoms with van der Waals surface area (Å²) in [7, 11) is 0. The highest BCUT2D eigenvalue weighted by atomic mass is 16.4. The van der Waals surface area contributed by atoms with Gasteiger partial charge < -0.3 is 10.0 Å². The maximum absolute atomic E-state index is 11.6. The van der Waals surface area contributed by atoms with Gasteiger partial charge in [0.2, 0.25) is 0 Å². The second-order valence-corrected chi connectivity index (χ2v) is 5.59. The number of hydrogen-bond donors (Lipinski definition) is 1. The summed E-state index contributed by atoms with van der Waals surface area (Å²) in [5.41, 5.74) is 1.89. The molecule has 0 saturated carbocycles. The number of benzene rings is 1. The summed E-state index contributed by atoms with van der Waals surface area (Å²) in [5.74, 6) is -0.714. The Morgan fingerprint density at radius 3 is 2.90 bits per heavy atom. The molecule has 1 unspecified atom stereocenters. The lowest BCUT2D eigenvalue weighted by Gasteiger charge is -2.26. The Kier molecular flexibility index (Phi) is 3.99. The fraction of sp³-hybridized carbons (Fsp3) is 0.500. The Bertz CT molecular complexity index is 562. The van der Waals surface area contributed by atoms with Gasteiger partial charge in [-0.15, -0.1) is 0 Å². The number of carboxylic acid groups (broad SMARTS) is 1. The maximum Gasteiger partial charge on any atom is 0.311 e. The highest BCUT2D eigenvalue weighted by Gasteiger charge is 2.44. The zero-order valence-corrected chi connectivity index (χ0v) is 12.0. The first-order valence-corrected chi connectivity index (χ1v) is 7.02. The number of carboxylic acids is 1. The quantitative estimate of drug-likeness (QED) is 0.915. The summed E-state index contributed by atoms with van der Waals surface area (Å²) in [4.78, 5) is 13.7. The smallest absolute Gasteiger partial charge is 0.311 e. The molecule has 0 radical (unpaired) electrons. The summed E-state index contributed by atoms with van der Waals surface area (Å²) in [5, 5.41) is 18.8. The largest absolute Gasteiger partial charge is 0.481 e. The lowest BCUT2D eigenvalue weighted by atomic mass is 9.83. The highest BCUT2D eigenvalue weighted by molar-refractivity contribution is 5.77. The molecule has 106 valence electrons. The molecule has 0 bridgehead atoms. The van der Waals surface area contributed by atoms with E-state index in [9.17, 15) is 15.2 Å². The van der Waals surface area contributed by atoms with Crippen LogP contribution in [0.15, 0.2) is 18.2 Å². The van der Waals surface area contributed by atoms with Crippen LogP contribution in [0.25, 0.3) is 0 Å². The van der Waals surface area contributed by atoms with Crippen molar-refractivity contribution in [3.8, 4) is 6.07 Å². The van der Waals surface area contributed by atoms with Gasteiger partial charge in [0.1, 0.15) is 6.07 Å². The van der Waals surface area contributed by atoms with Gasteiger partial charge in [-0.25, -0.2) is 0 Å². The van der Waals surface area contributed by atoms with Crippen LogP contribution in [0.4, 0.5) is 5.69 Å². The van der Waals surface area contributed by atoms with Crippen LogP contribution >= 0.6 is 0 Å². The van der Waals surface area contributed by atoms with E-state index in [0.29, 0.717) is 31.5 Å². The molecule has 1 aromatic carbocycles. The van der Waals surface area contributed by atoms with Gasteiger partial charge in [-0.3, -0.25) is 4.79 Å². The van der Waals surface area contributed by atoms with Crippen LogP contribution in [0.1, 0.15) is 37.3 Å². The monoisotopic (exact) mass is 272 g/mol. The SMILES string of the molecule is CCCC1(C(=O)O)CCN(c2c(C)cccc2C#N)C1. The molecule has 1 aliphatic rings. The molecule has 0 spiro atoms. The molecule has 1 saturated heterocycles. The molecule has 4 nitrogen and oxygen atoms in total. The predicted octanol–water partition coefficient (Wildman–Crippen LogP) is 2.95. The van der Waals surface area contributed by atoms with Crippen molar-refractivity contribution in [3.63, 3.8) is 0 Å². The molecule has 2 rings (SSSR count). The van der Waals surface area contributed by atoms with E-state index in [4.69, 9.17) is 0 Å². The molecule has 1 heterocycles. The van der Waals surface area contributed by atoms with Gasteiger partial charge in [-0.05, 0) is 31.4 Å². The van der Waals surface area contributed by atoms with Crippen LogP contribution in [-0.4, -0.2) is 24.2 Å². The van der Waals surface area contributed by atoms with Crippen LogP contribution in [0.2, 0.25) is 0 Å². The van der Waals surface area contributed by atoms with E-state index >= 15 is 0 Å². The summed E-state index contributed by atoms with van der Waals surface area (Å²) in [6, 6.07) is 7.84. The molecule has 4 heteroatoms. The van der Waals surface area contributed by atoms with E-state index in [0.717, 1.165) is 17.7 Å². The van der Waals surface area contributed by atoms with Crippen LogP contribution in [0, 0.1) is 23.7 Å². The standard InChI is InChI=1S/C16H20N2O2/c1-3-7-16(15(19)20)8-9-18(11-16)14-12(2)5-4-6-13(14)10-17/h4-6H,3,7-9,11H2,1-2H3,(H,19,20). The molecule has 1 aromatic rings. The third-order valence-electron chi connectivity index (χ3n) is 4.21. The Hall–Kier alpha value is -2.02. The fourth-order valence-corrected chi connectivity index (χ4v) is 3.20. The van der Waals surface area contributed by atoms with E-state index in [-0.39, 0.29) is 0 Å². The number of nitrogens with zero attached hydrogens (tertiary/aromatic N) is 2. The molecule has 0 amide bonds.